The Labute approximate surface area is 202 Å². The summed E-state index contributed by atoms with van der Waals surface area (Å²) >= 11 is 0. The van der Waals surface area contributed by atoms with Gasteiger partial charge >= 0.3 is 0 Å². The smallest absolute Gasteiger partial charge is 0.260 e. The van der Waals surface area contributed by atoms with Gasteiger partial charge in [0, 0.05) is 31.7 Å². The van der Waals surface area contributed by atoms with Crippen molar-refractivity contribution >= 4 is 5.91 Å². The summed E-state index contributed by atoms with van der Waals surface area (Å²) in [6.07, 6.45) is 7.13. The third kappa shape index (κ3) is 5.49. The van der Waals surface area contributed by atoms with E-state index in [2.05, 4.69) is 30.0 Å². The zero-order valence-electron chi connectivity index (χ0n) is 20.3. The fraction of sp³-hybridized carbons (Fsp3) is 0.536. The lowest BCUT2D eigenvalue weighted by atomic mass is 9.98. The first-order valence-electron chi connectivity index (χ1n) is 12.8. The van der Waals surface area contributed by atoms with Gasteiger partial charge < -0.3 is 19.1 Å². The summed E-state index contributed by atoms with van der Waals surface area (Å²) in [6.45, 7) is 7.43. The van der Waals surface area contributed by atoms with Crippen LogP contribution in [0.4, 0.5) is 0 Å². The van der Waals surface area contributed by atoms with Crippen molar-refractivity contribution in [1.29, 1.82) is 0 Å². The molecule has 182 valence electrons. The predicted molar refractivity (Wildman–Crippen MR) is 132 cm³/mol. The Hall–Kier alpha value is -2.73. The first kappa shape index (κ1) is 23.0. The van der Waals surface area contributed by atoms with Crippen molar-refractivity contribution in [3.8, 4) is 28.4 Å². The van der Waals surface area contributed by atoms with Gasteiger partial charge in [0.05, 0.1) is 0 Å². The highest BCUT2D eigenvalue weighted by atomic mass is 16.7. The number of likely N-dealkylation sites (tertiary alicyclic amines) is 2. The molecule has 1 amide bonds. The lowest BCUT2D eigenvalue weighted by molar-refractivity contribution is -0.133. The minimum atomic E-state index is 0.0966. The van der Waals surface area contributed by atoms with Gasteiger partial charge in [0.1, 0.15) is 5.75 Å². The maximum Gasteiger partial charge on any atom is 0.260 e. The third-order valence-electron chi connectivity index (χ3n) is 7.21. The molecule has 6 heteroatoms. The quantitative estimate of drug-likeness (QED) is 0.596. The number of carbonyl (C=O) groups excluding carboxylic acids is 1. The molecule has 6 nitrogen and oxygen atoms in total. The molecule has 0 bridgehead atoms. The van der Waals surface area contributed by atoms with Gasteiger partial charge in [-0.15, -0.1) is 0 Å². The van der Waals surface area contributed by atoms with Crippen LogP contribution in [0, 0.1) is 5.92 Å². The molecule has 2 aromatic rings. The maximum atomic E-state index is 12.8. The minimum absolute atomic E-state index is 0.0966. The van der Waals surface area contributed by atoms with E-state index < -0.39 is 0 Å². The fourth-order valence-electron chi connectivity index (χ4n) is 5.32. The Kier molecular flexibility index (Phi) is 7.24. The second-order valence-corrected chi connectivity index (χ2v) is 9.96. The lowest BCUT2D eigenvalue weighted by Crippen LogP contribution is -2.36. The first-order valence-corrected chi connectivity index (χ1v) is 12.8. The summed E-state index contributed by atoms with van der Waals surface area (Å²) in [5.41, 5.74) is 3.34. The van der Waals surface area contributed by atoms with Gasteiger partial charge in [-0.1, -0.05) is 31.9 Å². The molecule has 0 unspecified atom stereocenters. The van der Waals surface area contributed by atoms with Gasteiger partial charge in [0.15, 0.2) is 18.1 Å². The summed E-state index contributed by atoms with van der Waals surface area (Å²) in [4.78, 5) is 17.3. The monoisotopic (exact) mass is 464 g/mol. The fourth-order valence-corrected chi connectivity index (χ4v) is 5.32. The summed E-state index contributed by atoms with van der Waals surface area (Å²) in [6, 6.07) is 12.4. The summed E-state index contributed by atoms with van der Waals surface area (Å²) in [7, 11) is 0. The molecular formula is C28H36N2O4. The van der Waals surface area contributed by atoms with Crippen LogP contribution in [-0.4, -0.2) is 55.3 Å². The molecule has 34 heavy (non-hydrogen) atoms. The molecule has 5 rings (SSSR count). The number of ether oxygens (including phenoxy) is 3. The number of hydrogen-bond donors (Lipinski definition) is 0. The van der Waals surface area contributed by atoms with Crippen LogP contribution in [0.25, 0.3) is 11.1 Å². The van der Waals surface area contributed by atoms with E-state index in [1.54, 1.807) is 0 Å². The molecule has 1 atom stereocenters. The van der Waals surface area contributed by atoms with Gasteiger partial charge in [-0.25, -0.2) is 0 Å². The van der Waals surface area contributed by atoms with Crippen LogP contribution >= 0.6 is 0 Å². The normalized spacial score (nSPS) is 20.7. The molecule has 2 saturated heterocycles. The van der Waals surface area contributed by atoms with Crippen molar-refractivity contribution in [2.45, 2.75) is 52.0 Å². The van der Waals surface area contributed by atoms with E-state index in [0.717, 1.165) is 79.5 Å². The average Bonchev–Trinajstić information content (AvgIpc) is 3.14. The number of nitrogens with zero attached hydrogens (tertiary/aromatic N) is 2. The van der Waals surface area contributed by atoms with E-state index in [-0.39, 0.29) is 19.3 Å². The summed E-state index contributed by atoms with van der Waals surface area (Å²) in [5, 5.41) is 0. The SMILES string of the molecule is C[C@H]1CCCN(Cc2cc(-c3ccc4c(c3)OCO4)ccc2OCC(=O)N2CCCCCC2)C1. The van der Waals surface area contributed by atoms with Gasteiger partial charge in [-0.05, 0) is 73.5 Å². The molecule has 0 N–H and O–H groups in total. The Morgan fingerprint density at radius 2 is 1.71 bits per heavy atom. The van der Waals surface area contributed by atoms with Crippen molar-refractivity contribution in [3.63, 3.8) is 0 Å². The Morgan fingerprint density at radius 3 is 2.53 bits per heavy atom. The number of benzene rings is 2. The zero-order chi connectivity index (χ0) is 23.3. The molecule has 0 aliphatic carbocycles. The van der Waals surface area contributed by atoms with Crippen LogP contribution in [0.15, 0.2) is 36.4 Å². The third-order valence-corrected chi connectivity index (χ3v) is 7.21. The Morgan fingerprint density at radius 1 is 0.941 bits per heavy atom. The molecule has 2 aromatic carbocycles. The molecular weight excluding hydrogens is 428 g/mol. The van der Waals surface area contributed by atoms with E-state index in [4.69, 9.17) is 14.2 Å². The lowest BCUT2D eigenvalue weighted by Gasteiger charge is -2.31. The van der Waals surface area contributed by atoms with Crippen LogP contribution in [0.5, 0.6) is 17.2 Å². The molecule has 0 spiro atoms. The van der Waals surface area contributed by atoms with E-state index >= 15 is 0 Å². The van der Waals surface area contributed by atoms with Gasteiger partial charge in [0.25, 0.3) is 5.91 Å². The molecule has 0 aromatic heterocycles. The molecule has 2 fully saturated rings. The maximum absolute atomic E-state index is 12.8. The number of rotatable bonds is 6. The Balaban J connectivity index is 1.35. The predicted octanol–water partition coefficient (Wildman–Crippen LogP) is 5.10. The molecule has 3 aliphatic rings. The van der Waals surface area contributed by atoms with Gasteiger partial charge in [-0.2, -0.15) is 0 Å². The van der Waals surface area contributed by atoms with Crippen molar-refractivity contribution < 1.29 is 19.0 Å². The average molecular weight is 465 g/mol. The standard InChI is InChI=1S/C28H36N2O4/c1-21-7-6-12-29(17-21)18-24-15-22(23-9-11-26-27(16-23)34-20-33-26)8-10-25(24)32-19-28(31)30-13-4-2-3-5-14-30/h8-11,15-16,21H,2-7,12-14,17-20H2,1H3/t21-/m0/s1. The highest BCUT2D eigenvalue weighted by Gasteiger charge is 2.21. The van der Waals surface area contributed by atoms with E-state index in [0.29, 0.717) is 5.92 Å². The number of piperidine rings is 1. The van der Waals surface area contributed by atoms with Crippen molar-refractivity contribution in [2.24, 2.45) is 5.92 Å². The number of amides is 1. The van der Waals surface area contributed by atoms with E-state index in [1.807, 2.05) is 23.1 Å². The van der Waals surface area contributed by atoms with Crippen LogP contribution in [0.2, 0.25) is 0 Å². The number of fused-ring (bicyclic) bond motifs is 1. The number of carbonyl (C=O) groups is 1. The van der Waals surface area contributed by atoms with Crippen molar-refractivity contribution in [2.75, 3.05) is 39.6 Å². The van der Waals surface area contributed by atoms with Gasteiger partial charge in [-0.3, -0.25) is 9.69 Å². The van der Waals surface area contributed by atoms with Crippen LogP contribution in [-0.2, 0) is 11.3 Å². The van der Waals surface area contributed by atoms with E-state index in [9.17, 15) is 4.79 Å². The topological polar surface area (TPSA) is 51.2 Å². The highest BCUT2D eigenvalue weighted by Crippen LogP contribution is 2.37. The Bertz CT molecular complexity index is 1000. The van der Waals surface area contributed by atoms with Crippen LogP contribution in [0.1, 0.15) is 51.0 Å². The summed E-state index contributed by atoms with van der Waals surface area (Å²) in [5.74, 6) is 3.19. The second kappa shape index (κ2) is 10.7. The molecule has 0 radical (unpaired) electrons. The van der Waals surface area contributed by atoms with Crippen molar-refractivity contribution in [1.82, 2.24) is 9.80 Å². The summed E-state index contributed by atoms with van der Waals surface area (Å²) < 4.78 is 17.2. The first-order chi connectivity index (χ1) is 16.7. The highest BCUT2D eigenvalue weighted by molar-refractivity contribution is 5.78. The zero-order valence-corrected chi connectivity index (χ0v) is 20.3. The minimum Gasteiger partial charge on any atom is -0.483 e. The van der Waals surface area contributed by atoms with Gasteiger partial charge in [0.2, 0.25) is 6.79 Å². The van der Waals surface area contributed by atoms with Crippen LogP contribution < -0.4 is 14.2 Å². The van der Waals surface area contributed by atoms with Crippen molar-refractivity contribution in [3.05, 3.63) is 42.0 Å². The molecule has 3 aliphatic heterocycles. The molecule has 3 heterocycles. The molecule has 0 saturated carbocycles. The van der Waals surface area contributed by atoms with E-state index in [1.165, 1.54) is 25.7 Å². The number of hydrogen-bond acceptors (Lipinski definition) is 5. The second-order valence-electron chi connectivity index (χ2n) is 9.96. The largest absolute Gasteiger partial charge is 0.483 e. The van der Waals surface area contributed by atoms with Crippen LogP contribution in [0.3, 0.4) is 0 Å².